The minimum Gasteiger partial charge on any atom is -0.500 e. The minimum atomic E-state index is -0.561. The number of aliphatic hydroxyl groups is 2. The average Bonchev–Trinajstić information content (AvgIpc) is 2.66. The van der Waals surface area contributed by atoms with E-state index in [9.17, 15) is 19.8 Å². The topological polar surface area (TPSA) is 145 Å². The van der Waals surface area contributed by atoms with Gasteiger partial charge in [0.25, 0.3) is 0 Å². The van der Waals surface area contributed by atoms with Crippen LogP contribution in [0.25, 0.3) is 0 Å². The van der Waals surface area contributed by atoms with Gasteiger partial charge < -0.3 is 31.2 Å². The van der Waals surface area contributed by atoms with Crippen LogP contribution in [0.1, 0.15) is 79.1 Å². The van der Waals surface area contributed by atoms with Crippen molar-refractivity contribution < 1.29 is 29.3 Å². The molecule has 0 rings (SSSR count). The Bertz CT molecular complexity index is 589. The largest absolute Gasteiger partial charge is 0.500 e. The van der Waals surface area contributed by atoms with Crippen LogP contribution in [0.4, 0.5) is 0 Å². The molecule has 31 heavy (non-hydrogen) atoms. The van der Waals surface area contributed by atoms with Gasteiger partial charge in [-0.3, -0.25) is 9.59 Å². The highest BCUT2D eigenvalue weighted by atomic mass is 16.5. The lowest BCUT2D eigenvalue weighted by Crippen LogP contribution is -2.35. The van der Waals surface area contributed by atoms with Crippen molar-refractivity contribution in [2.45, 2.75) is 97.4 Å². The van der Waals surface area contributed by atoms with E-state index in [-0.39, 0.29) is 17.9 Å². The highest BCUT2D eigenvalue weighted by Crippen LogP contribution is 2.34. The first kappa shape index (κ1) is 29.4. The fourth-order valence-electron chi connectivity index (χ4n) is 3.75. The monoisotopic (exact) mass is 444 g/mol. The fourth-order valence-corrected chi connectivity index (χ4v) is 3.75. The van der Waals surface area contributed by atoms with Gasteiger partial charge in [0.2, 0.25) is 11.8 Å². The predicted molar refractivity (Wildman–Crippen MR) is 121 cm³/mol. The second kappa shape index (κ2) is 13.7. The van der Waals surface area contributed by atoms with E-state index in [4.69, 9.17) is 20.9 Å². The SMILES string of the molecule is CO/C(=C\C(N)=O)C(C)(C)CCC(O)CCCC(O)CCC(C)(C)C(CC(N)=O)OC. The zero-order chi connectivity index (χ0) is 24.2. The number of amides is 2. The molecule has 0 heterocycles. The molecule has 0 aliphatic heterocycles. The number of carbonyl (C=O) groups excluding carboxylic acids is 2. The molecule has 0 aliphatic rings. The third kappa shape index (κ3) is 12.1. The average molecular weight is 445 g/mol. The summed E-state index contributed by atoms with van der Waals surface area (Å²) >= 11 is 0. The first-order valence-electron chi connectivity index (χ1n) is 11.0. The molecule has 0 aliphatic carbocycles. The third-order valence-electron chi connectivity index (χ3n) is 6.00. The molecule has 0 spiro atoms. The van der Waals surface area contributed by atoms with E-state index in [2.05, 4.69) is 0 Å². The Kier molecular flexibility index (Phi) is 13.0. The van der Waals surface area contributed by atoms with E-state index in [0.29, 0.717) is 50.7 Å². The molecule has 182 valence electrons. The van der Waals surface area contributed by atoms with Gasteiger partial charge in [0.05, 0.1) is 31.8 Å². The molecule has 0 saturated carbocycles. The van der Waals surface area contributed by atoms with Crippen molar-refractivity contribution in [3.63, 3.8) is 0 Å². The lowest BCUT2D eigenvalue weighted by atomic mass is 9.79. The summed E-state index contributed by atoms with van der Waals surface area (Å²) in [6.07, 6.45) is 4.52. The normalized spacial score (nSPS) is 15.9. The lowest BCUT2D eigenvalue weighted by molar-refractivity contribution is -0.123. The molecule has 0 aromatic heterocycles. The highest BCUT2D eigenvalue weighted by molar-refractivity contribution is 5.86. The van der Waals surface area contributed by atoms with E-state index >= 15 is 0 Å². The van der Waals surface area contributed by atoms with Crippen LogP contribution in [0.3, 0.4) is 0 Å². The summed E-state index contributed by atoms with van der Waals surface area (Å²) < 4.78 is 10.7. The summed E-state index contributed by atoms with van der Waals surface area (Å²) in [6, 6.07) is 0. The minimum absolute atomic E-state index is 0.154. The molecule has 2 amide bonds. The number of nitrogens with two attached hydrogens (primary N) is 2. The second-order valence-electron chi connectivity index (χ2n) is 9.70. The van der Waals surface area contributed by atoms with Crippen molar-refractivity contribution in [3.05, 3.63) is 11.8 Å². The van der Waals surface area contributed by atoms with Gasteiger partial charge in [0, 0.05) is 18.6 Å². The smallest absolute Gasteiger partial charge is 0.244 e. The van der Waals surface area contributed by atoms with Gasteiger partial charge in [-0.25, -0.2) is 0 Å². The summed E-state index contributed by atoms with van der Waals surface area (Å²) in [4.78, 5) is 22.4. The quantitative estimate of drug-likeness (QED) is 0.200. The molecule has 0 bridgehead atoms. The molecule has 8 nitrogen and oxygen atoms in total. The fraction of sp³-hybridized carbons (Fsp3) is 0.826. The van der Waals surface area contributed by atoms with Crippen LogP contribution in [0.2, 0.25) is 0 Å². The first-order chi connectivity index (χ1) is 14.2. The molecular weight excluding hydrogens is 400 g/mol. The van der Waals surface area contributed by atoms with Gasteiger partial charge in [-0.05, 0) is 50.4 Å². The standard InChI is InChI=1S/C23H44N2O6/c1-22(2,18(30-5)14-20(24)28)12-10-16(26)8-7-9-17(27)11-13-23(3,4)19(31-6)15-21(25)29/h14,16-17,19,26-27H,7-13,15H2,1-6H3,(H2,24,28)(H2,25,29)/b18-14-. The Morgan fingerprint density at radius 1 is 0.935 bits per heavy atom. The highest BCUT2D eigenvalue weighted by Gasteiger charge is 2.31. The summed E-state index contributed by atoms with van der Waals surface area (Å²) in [5.41, 5.74) is 9.80. The lowest BCUT2D eigenvalue weighted by Gasteiger charge is -2.33. The second-order valence-corrected chi connectivity index (χ2v) is 9.70. The van der Waals surface area contributed by atoms with Crippen LogP contribution in [-0.4, -0.2) is 54.6 Å². The molecular formula is C23H44N2O6. The van der Waals surface area contributed by atoms with Gasteiger partial charge >= 0.3 is 0 Å². The summed E-state index contributed by atoms with van der Waals surface area (Å²) in [7, 11) is 3.06. The molecule has 0 fully saturated rings. The number of rotatable bonds is 17. The predicted octanol–water partition coefficient (Wildman–Crippen LogP) is 2.40. The van der Waals surface area contributed by atoms with Crippen molar-refractivity contribution in [1.82, 2.24) is 0 Å². The van der Waals surface area contributed by atoms with Gasteiger partial charge in [-0.1, -0.05) is 27.7 Å². The van der Waals surface area contributed by atoms with Crippen molar-refractivity contribution in [2.75, 3.05) is 14.2 Å². The van der Waals surface area contributed by atoms with Crippen molar-refractivity contribution in [3.8, 4) is 0 Å². The molecule has 0 aromatic rings. The number of hydrogen-bond donors (Lipinski definition) is 4. The maximum Gasteiger partial charge on any atom is 0.244 e. The Hall–Kier alpha value is -1.64. The number of ether oxygens (including phenoxy) is 2. The molecule has 3 atom stereocenters. The van der Waals surface area contributed by atoms with Crippen LogP contribution in [0, 0.1) is 10.8 Å². The van der Waals surface area contributed by atoms with Gasteiger partial charge in [0.1, 0.15) is 5.76 Å². The van der Waals surface area contributed by atoms with E-state index in [0.717, 1.165) is 0 Å². The number of carbonyl (C=O) groups is 2. The van der Waals surface area contributed by atoms with Crippen molar-refractivity contribution in [2.24, 2.45) is 22.3 Å². The van der Waals surface area contributed by atoms with Crippen molar-refractivity contribution in [1.29, 1.82) is 0 Å². The summed E-state index contributed by atoms with van der Waals surface area (Å²) in [5, 5.41) is 20.6. The van der Waals surface area contributed by atoms with Crippen LogP contribution >= 0.6 is 0 Å². The number of allylic oxidation sites excluding steroid dienone is 1. The summed E-state index contributed by atoms with van der Waals surface area (Å²) in [6.45, 7) is 7.89. The third-order valence-corrected chi connectivity index (χ3v) is 6.00. The van der Waals surface area contributed by atoms with Crippen LogP contribution in [0.15, 0.2) is 11.8 Å². The number of methoxy groups -OCH3 is 2. The molecule has 8 heteroatoms. The molecule has 0 saturated heterocycles. The zero-order valence-electron chi connectivity index (χ0n) is 20.1. The molecule has 3 unspecified atom stereocenters. The molecule has 0 radical (unpaired) electrons. The maximum atomic E-state index is 11.2. The van der Waals surface area contributed by atoms with E-state index < -0.39 is 29.4 Å². The van der Waals surface area contributed by atoms with Crippen molar-refractivity contribution >= 4 is 11.8 Å². The number of primary amides is 2. The maximum absolute atomic E-state index is 11.2. The van der Waals surface area contributed by atoms with E-state index in [1.54, 1.807) is 7.11 Å². The Morgan fingerprint density at radius 2 is 1.45 bits per heavy atom. The molecule has 6 N–H and O–H groups in total. The van der Waals surface area contributed by atoms with Gasteiger partial charge in [-0.2, -0.15) is 0 Å². The summed E-state index contributed by atoms with van der Waals surface area (Å²) in [5.74, 6) is -0.467. The van der Waals surface area contributed by atoms with Crippen LogP contribution in [-0.2, 0) is 19.1 Å². The van der Waals surface area contributed by atoms with Crippen LogP contribution < -0.4 is 11.5 Å². The van der Waals surface area contributed by atoms with Crippen LogP contribution in [0.5, 0.6) is 0 Å². The Balaban J connectivity index is 4.38. The van der Waals surface area contributed by atoms with Gasteiger partial charge in [0.15, 0.2) is 0 Å². The van der Waals surface area contributed by atoms with E-state index in [1.165, 1.54) is 13.2 Å². The molecule has 0 aromatic carbocycles. The number of hydrogen-bond acceptors (Lipinski definition) is 6. The Labute approximate surface area is 187 Å². The van der Waals surface area contributed by atoms with E-state index in [1.807, 2.05) is 27.7 Å². The Morgan fingerprint density at radius 3 is 1.87 bits per heavy atom. The zero-order valence-corrected chi connectivity index (χ0v) is 20.1. The number of aliphatic hydroxyl groups excluding tert-OH is 2. The van der Waals surface area contributed by atoms with Gasteiger partial charge in [-0.15, -0.1) is 0 Å². The first-order valence-corrected chi connectivity index (χ1v) is 11.0.